The minimum atomic E-state index is -1.13. The molecule has 1 N–H and O–H groups in total. The Morgan fingerprint density at radius 1 is 1.56 bits per heavy atom. The van der Waals surface area contributed by atoms with Crippen molar-refractivity contribution in [1.82, 2.24) is 0 Å². The molecule has 0 spiro atoms. The summed E-state index contributed by atoms with van der Waals surface area (Å²) in [5.41, 5.74) is -0.855. The van der Waals surface area contributed by atoms with Gasteiger partial charge < -0.3 is 10.1 Å². The molecule has 18 heavy (non-hydrogen) atoms. The Morgan fingerprint density at radius 2 is 2.22 bits per heavy atom. The van der Waals surface area contributed by atoms with Crippen LogP contribution in [0, 0.1) is 22.6 Å². The molecule has 0 aromatic heterocycles. The maximum absolute atomic E-state index is 13.2. The molecule has 0 saturated heterocycles. The first-order valence-corrected chi connectivity index (χ1v) is 5.52. The molecule has 1 atom stereocenters. The second-order valence-corrected chi connectivity index (χ2v) is 4.13. The Bertz CT molecular complexity index is 496. The van der Waals surface area contributed by atoms with Crippen molar-refractivity contribution in [2.24, 2.45) is 5.41 Å². The molecule has 1 aromatic rings. The quantitative estimate of drug-likeness (QED) is 0.893. The van der Waals surface area contributed by atoms with E-state index in [0.29, 0.717) is 12.2 Å². The highest BCUT2D eigenvalue weighted by Crippen LogP contribution is 2.25. The van der Waals surface area contributed by atoms with Crippen molar-refractivity contribution in [3.63, 3.8) is 0 Å². The lowest BCUT2D eigenvalue weighted by molar-refractivity contribution is -0.122. The summed E-state index contributed by atoms with van der Waals surface area (Å²) in [5.74, 6) is -0.666. The van der Waals surface area contributed by atoms with Gasteiger partial charge in [0.25, 0.3) is 0 Å². The third-order valence-corrected chi connectivity index (χ3v) is 2.82. The minimum Gasteiger partial charge on any atom is -0.497 e. The normalized spacial score (nSPS) is 13.3. The molecular formula is C13H15FN2O2. The van der Waals surface area contributed by atoms with Gasteiger partial charge in [0.05, 0.1) is 13.2 Å². The average Bonchev–Trinajstić information content (AvgIpc) is 2.36. The van der Waals surface area contributed by atoms with Gasteiger partial charge in [0.15, 0.2) is 0 Å². The monoisotopic (exact) mass is 250 g/mol. The number of nitrogens with zero attached hydrogens (tertiary/aromatic N) is 1. The van der Waals surface area contributed by atoms with Crippen LogP contribution in [-0.2, 0) is 4.79 Å². The van der Waals surface area contributed by atoms with Crippen LogP contribution in [0.1, 0.15) is 20.3 Å². The Hall–Kier alpha value is -2.09. The molecule has 96 valence electrons. The van der Waals surface area contributed by atoms with Gasteiger partial charge in [-0.15, -0.1) is 0 Å². The number of rotatable bonds is 4. The van der Waals surface area contributed by atoms with Crippen LogP contribution in [0.25, 0.3) is 0 Å². The van der Waals surface area contributed by atoms with Crippen molar-refractivity contribution in [3.8, 4) is 11.8 Å². The molecule has 1 unspecified atom stereocenters. The number of carbonyl (C=O) groups excluding carboxylic acids is 1. The second-order valence-electron chi connectivity index (χ2n) is 4.13. The summed E-state index contributed by atoms with van der Waals surface area (Å²) < 4.78 is 18.1. The lowest BCUT2D eigenvalue weighted by atomic mass is 9.88. The van der Waals surface area contributed by atoms with Gasteiger partial charge in [-0.1, -0.05) is 6.92 Å². The molecular weight excluding hydrogens is 235 g/mol. The van der Waals surface area contributed by atoms with E-state index in [1.165, 1.54) is 25.3 Å². The van der Waals surface area contributed by atoms with Crippen molar-refractivity contribution in [1.29, 1.82) is 5.26 Å². The molecule has 0 aliphatic rings. The molecule has 0 aliphatic carbocycles. The van der Waals surface area contributed by atoms with Crippen molar-refractivity contribution in [3.05, 3.63) is 24.0 Å². The van der Waals surface area contributed by atoms with Crippen molar-refractivity contribution in [2.75, 3.05) is 12.4 Å². The number of nitriles is 1. The summed E-state index contributed by atoms with van der Waals surface area (Å²) in [6, 6.07) is 5.83. The zero-order valence-electron chi connectivity index (χ0n) is 10.6. The summed E-state index contributed by atoms with van der Waals surface area (Å²) in [6.45, 7) is 3.29. The van der Waals surface area contributed by atoms with Gasteiger partial charge in [-0.3, -0.25) is 4.79 Å². The van der Waals surface area contributed by atoms with Crippen LogP contribution in [0.15, 0.2) is 18.2 Å². The minimum absolute atomic E-state index is 0.270. The number of ether oxygens (including phenoxy) is 1. The van der Waals surface area contributed by atoms with Crippen LogP contribution in [0.4, 0.5) is 10.1 Å². The zero-order chi connectivity index (χ0) is 13.8. The first kappa shape index (κ1) is 14.0. The number of nitrogens with one attached hydrogen (secondary N) is 1. The SMILES string of the molecule is CCC(C)(C#N)C(=O)Nc1cc(F)cc(OC)c1. The van der Waals surface area contributed by atoms with Crippen molar-refractivity contribution in [2.45, 2.75) is 20.3 Å². The first-order chi connectivity index (χ1) is 8.45. The highest BCUT2D eigenvalue weighted by molar-refractivity contribution is 5.97. The molecule has 0 radical (unpaired) electrons. The molecule has 0 bridgehead atoms. The van der Waals surface area contributed by atoms with E-state index in [4.69, 9.17) is 10.00 Å². The highest BCUT2D eigenvalue weighted by atomic mass is 19.1. The van der Waals surface area contributed by atoms with E-state index >= 15 is 0 Å². The summed E-state index contributed by atoms with van der Waals surface area (Å²) in [6.07, 6.45) is 0.377. The molecule has 1 rings (SSSR count). The van der Waals surface area contributed by atoms with Gasteiger partial charge >= 0.3 is 0 Å². The predicted octanol–water partition coefficient (Wildman–Crippen LogP) is 2.71. The largest absolute Gasteiger partial charge is 0.497 e. The number of benzene rings is 1. The Kier molecular flexibility index (Phi) is 4.27. The Morgan fingerprint density at radius 3 is 2.72 bits per heavy atom. The van der Waals surface area contributed by atoms with Gasteiger partial charge in [-0.25, -0.2) is 4.39 Å². The van der Waals surface area contributed by atoms with Crippen LogP contribution >= 0.6 is 0 Å². The number of methoxy groups -OCH3 is 1. The lowest BCUT2D eigenvalue weighted by Gasteiger charge is -2.18. The van der Waals surface area contributed by atoms with Gasteiger partial charge in [-0.2, -0.15) is 5.26 Å². The van der Waals surface area contributed by atoms with E-state index in [1.807, 2.05) is 6.07 Å². The number of carbonyl (C=O) groups is 1. The molecule has 0 aliphatic heterocycles. The maximum Gasteiger partial charge on any atom is 0.244 e. The number of anilines is 1. The number of hydrogen-bond donors (Lipinski definition) is 1. The first-order valence-electron chi connectivity index (χ1n) is 5.52. The van der Waals surface area contributed by atoms with E-state index in [-0.39, 0.29) is 5.69 Å². The van der Waals surface area contributed by atoms with E-state index in [0.717, 1.165) is 0 Å². The Labute approximate surface area is 105 Å². The topological polar surface area (TPSA) is 62.1 Å². The smallest absolute Gasteiger partial charge is 0.244 e. The fraction of sp³-hybridized carbons (Fsp3) is 0.385. The molecule has 5 heteroatoms. The second kappa shape index (κ2) is 5.50. The van der Waals surface area contributed by atoms with E-state index in [1.54, 1.807) is 13.8 Å². The Balaban J connectivity index is 2.95. The van der Waals surface area contributed by atoms with Gasteiger partial charge in [0.2, 0.25) is 5.91 Å². The predicted molar refractivity (Wildman–Crippen MR) is 65.6 cm³/mol. The molecule has 0 fully saturated rings. The number of halogens is 1. The molecule has 1 amide bonds. The summed E-state index contributed by atoms with van der Waals surface area (Å²) >= 11 is 0. The van der Waals surface area contributed by atoms with Crippen LogP contribution in [0.2, 0.25) is 0 Å². The van der Waals surface area contributed by atoms with Gasteiger partial charge in [0, 0.05) is 17.8 Å². The van der Waals surface area contributed by atoms with E-state index < -0.39 is 17.1 Å². The molecule has 0 saturated carbocycles. The third-order valence-electron chi connectivity index (χ3n) is 2.82. The van der Waals surface area contributed by atoms with E-state index in [2.05, 4.69) is 5.32 Å². The standard InChI is InChI=1S/C13H15FN2O2/c1-4-13(2,8-15)12(17)16-10-5-9(14)6-11(7-10)18-3/h5-7H,4H2,1-3H3,(H,16,17). The van der Waals surface area contributed by atoms with Gasteiger partial charge in [-0.05, 0) is 19.4 Å². The maximum atomic E-state index is 13.2. The van der Waals surface area contributed by atoms with Gasteiger partial charge in [0.1, 0.15) is 17.0 Å². The number of hydrogen-bond acceptors (Lipinski definition) is 3. The zero-order valence-corrected chi connectivity index (χ0v) is 10.6. The summed E-state index contributed by atoms with van der Waals surface area (Å²) in [5, 5.41) is 11.5. The van der Waals surface area contributed by atoms with Crippen LogP contribution in [0.3, 0.4) is 0 Å². The van der Waals surface area contributed by atoms with Crippen LogP contribution in [-0.4, -0.2) is 13.0 Å². The summed E-state index contributed by atoms with van der Waals surface area (Å²) in [4.78, 5) is 11.9. The fourth-order valence-electron chi connectivity index (χ4n) is 1.31. The van der Waals surface area contributed by atoms with E-state index in [9.17, 15) is 9.18 Å². The van der Waals surface area contributed by atoms with Crippen molar-refractivity contribution < 1.29 is 13.9 Å². The molecule has 4 nitrogen and oxygen atoms in total. The van der Waals surface area contributed by atoms with Crippen molar-refractivity contribution >= 4 is 11.6 Å². The highest BCUT2D eigenvalue weighted by Gasteiger charge is 2.31. The summed E-state index contributed by atoms with van der Waals surface area (Å²) in [7, 11) is 1.41. The van der Waals surface area contributed by atoms with Crippen LogP contribution < -0.4 is 10.1 Å². The average molecular weight is 250 g/mol. The molecule has 1 aromatic carbocycles. The molecule has 0 heterocycles. The number of amides is 1. The fourth-order valence-corrected chi connectivity index (χ4v) is 1.31. The third kappa shape index (κ3) is 2.98. The van der Waals surface area contributed by atoms with Crippen LogP contribution in [0.5, 0.6) is 5.75 Å². The lowest BCUT2D eigenvalue weighted by Crippen LogP contribution is -2.31.